The summed E-state index contributed by atoms with van der Waals surface area (Å²) >= 11 is 0. The van der Waals surface area contributed by atoms with Gasteiger partial charge in [0.15, 0.2) is 0 Å². The van der Waals surface area contributed by atoms with Crippen molar-refractivity contribution in [3.05, 3.63) is 11.6 Å². The average Bonchev–Trinajstić information content (AvgIpc) is 2.17. The Balaban J connectivity index is 4.13. The van der Waals surface area contributed by atoms with E-state index in [0.29, 0.717) is 6.42 Å². The van der Waals surface area contributed by atoms with Gasteiger partial charge in [-0.05, 0) is 13.3 Å². The predicted molar refractivity (Wildman–Crippen MR) is 52.5 cm³/mol. The molecule has 0 radical (unpaired) electrons. The molecule has 14 heavy (non-hydrogen) atoms. The van der Waals surface area contributed by atoms with Crippen LogP contribution in [0, 0.1) is 0 Å². The third kappa shape index (κ3) is 4.56. The SMILES string of the molecule is COP(=O)(CC/C=C(\C)C(=O)O)OC. The molecule has 0 saturated heterocycles. The minimum absolute atomic E-state index is 0.185. The molecule has 0 aromatic rings. The van der Waals surface area contributed by atoms with Gasteiger partial charge in [0.25, 0.3) is 0 Å². The normalized spacial score (nSPS) is 12.9. The molecule has 5 nitrogen and oxygen atoms in total. The third-order valence-corrected chi connectivity index (χ3v) is 3.67. The molecule has 0 aromatic carbocycles. The highest BCUT2D eigenvalue weighted by Crippen LogP contribution is 2.46. The zero-order valence-corrected chi connectivity index (χ0v) is 9.41. The van der Waals surface area contributed by atoms with E-state index in [1.165, 1.54) is 27.2 Å². The highest BCUT2D eigenvalue weighted by molar-refractivity contribution is 7.53. The molecule has 0 aliphatic carbocycles. The minimum atomic E-state index is -3.01. The van der Waals surface area contributed by atoms with E-state index in [9.17, 15) is 9.36 Å². The Hall–Kier alpha value is -0.640. The Kier molecular flexibility index (Phi) is 5.69. The number of allylic oxidation sites excluding steroid dienone is 1. The second-order valence-corrected chi connectivity index (χ2v) is 5.08. The highest BCUT2D eigenvalue weighted by Gasteiger charge is 2.19. The van der Waals surface area contributed by atoms with Crippen molar-refractivity contribution in [1.29, 1.82) is 0 Å². The molecule has 0 saturated carbocycles. The zero-order valence-electron chi connectivity index (χ0n) is 8.52. The van der Waals surface area contributed by atoms with E-state index in [-0.39, 0.29) is 11.7 Å². The van der Waals surface area contributed by atoms with Crippen LogP contribution in [-0.4, -0.2) is 31.5 Å². The second-order valence-electron chi connectivity index (χ2n) is 2.68. The van der Waals surface area contributed by atoms with Crippen LogP contribution in [0.5, 0.6) is 0 Å². The van der Waals surface area contributed by atoms with Crippen molar-refractivity contribution in [2.75, 3.05) is 20.4 Å². The van der Waals surface area contributed by atoms with Crippen LogP contribution in [0.1, 0.15) is 13.3 Å². The van der Waals surface area contributed by atoms with Gasteiger partial charge in [-0.15, -0.1) is 0 Å². The molecular weight excluding hydrogens is 207 g/mol. The molecule has 0 aliphatic heterocycles. The lowest BCUT2D eigenvalue weighted by atomic mass is 10.2. The lowest BCUT2D eigenvalue weighted by Crippen LogP contribution is -1.98. The lowest BCUT2D eigenvalue weighted by molar-refractivity contribution is -0.132. The molecule has 0 aliphatic rings. The Morgan fingerprint density at radius 3 is 2.29 bits per heavy atom. The Labute approximate surface area is 83.3 Å². The van der Waals surface area contributed by atoms with Gasteiger partial charge in [-0.3, -0.25) is 4.57 Å². The number of carbonyl (C=O) groups is 1. The van der Waals surface area contributed by atoms with E-state index < -0.39 is 13.6 Å². The molecule has 0 spiro atoms. The molecule has 0 heterocycles. The van der Waals surface area contributed by atoms with Crippen LogP contribution >= 0.6 is 7.60 Å². The van der Waals surface area contributed by atoms with Gasteiger partial charge in [-0.25, -0.2) is 4.79 Å². The van der Waals surface area contributed by atoms with Crippen molar-refractivity contribution >= 4 is 13.6 Å². The van der Waals surface area contributed by atoms with Crippen molar-refractivity contribution in [3.63, 3.8) is 0 Å². The maximum Gasteiger partial charge on any atom is 0.330 e. The van der Waals surface area contributed by atoms with Gasteiger partial charge in [-0.1, -0.05) is 6.08 Å². The smallest absolute Gasteiger partial charge is 0.330 e. The number of hydrogen-bond acceptors (Lipinski definition) is 4. The van der Waals surface area contributed by atoms with Gasteiger partial charge in [0, 0.05) is 19.8 Å². The van der Waals surface area contributed by atoms with Crippen LogP contribution in [-0.2, 0) is 18.4 Å². The summed E-state index contributed by atoms with van der Waals surface area (Å²) in [6.45, 7) is 1.48. The van der Waals surface area contributed by atoms with Crippen LogP contribution in [0.25, 0.3) is 0 Å². The molecule has 0 bridgehead atoms. The molecular formula is C8H15O5P. The summed E-state index contributed by atoms with van der Waals surface area (Å²) in [5.74, 6) is -0.977. The molecule has 1 N–H and O–H groups in total. The number of carboxylic acid groups (broad SMARTS) is 1. The largest absolute Gasteiger partial charge is 0.478 e. The van der Waals surface area contributed by atoms with Gasteiger partial charge in [0.05, 0.1) is 6.16 Å². The Morgan fingerprint density at radius 2 is 1.93 bits per heavy atom. The monoisotopic (exact) mass is 222 g/mol. The van der Waals surface area contributed by atoms with Crippen LogP contribution in [0.2, 0.25) is 0 Å². The van der Waals surface area contributed by atoms with E-state index in [1.807, 2.05) is 0 Å². The van der Waals surface area contributed by atoms with Gasteiger partial charge < -0.3 is 14.2 Å². The second kappa shape index (κ2) is 5.96. The standard InChI is InChI=1S/C8H15O5P/c1-7(8(9)10)5-4-6-14(11,12-2)13-3/h5H,4,6H2,1-3H3,(H,9,10)/b7-5+. The molecule has 0 rings (SSSR count). The van der Waals surface area contributed by atoms with E-state index in [4.69, 9.17) is 5.11 Å². The summed E-state index contributed by atoms with van der Waals surface area (Å²) in [6, 6.07) is 0. The van der Waals surface area contributed by atoms with Crippen LogP contribution < -0.4 is 0 Å². The van der Waals surface area contributed by atoms with Gasteiger partial charge in [-0.2, -0.15) is 0 Å². The van der Waals surface area contributed by atoms with Crippen LogP contribution in [0.4, 0.5) is 0 Å². The van der Waals surface area contributed by atoms with E-state index in [2.05, 4.69) is 9.05 Å². The number of aliphatic carboxylic acids is 1. The quantitative estimate of drug-likeness (QED) is 0.548. The van der Waals surface area contributed by atoms with Crippen molar-refractivity contribution in [2.45, 2.75) is 13.3 Å². The fourth-order valence-corrected chi connectivity index (χ4v) is 1.74. The Bertz CT molecular complexity index is 263. The Morgan fingerprint density at radius 1 is 1.43 bits per heavy atom. The number of rotatable bonds is 6. The summed E-state index contributed by atoms with van der Waals surface area (Å²) in [5.41, 5.74) is 0.226. The third-order valence-electron chi connectivity index (χ3n) is 1.75. The maximum absolute atomic E-state index is 11.5. The van der Waals surface area contributed by atoms with E-state index >= 15 is 0 Å². The first-order valence-electron chi connectivity index (χ1n) is 4.06. The minimum Gasteiger partial charge on any atom is -0.478 e. The number of hydrogen-bond donors (Lipinski definition) is 1. The van der Waals surface area contributed by atoms with E-state index in [0.717, 1.165) is 0 Å². The summed E-state index contributed by atoms with van der Waals surface area (Å²) in [4.78, 5) is 10.4. The lowest BCUT2D eigenvalue weighted by Gasteiger charge is -2.11. The maximum atomic E-state index is 11.5. The first-order valence-corrected chi connectivity index (χ1v) is 5.78. The van der Waals surface area contributed by atoms with Crippen molar-refractivity contribution in [1.82, 2.24) is 0 Å². The first-order chi connectivity index (χ1) is 6.45. The summed E-state index contributed by atoms with van der Waals surface area (Å²) in [7, 11) is -0.398. The summed E-state index contributed by atoms with van der Waals surface area (Å²) in [5, 5.41) is 8.53. The van der Waals surface area contributed by atoms with Crippen molar-refractivity contribution in [3.8, 4) is 0 Å². The van der Waals surface area contributed by atoms with Crippen molar-refractivity contribution < 1.29 is 23.5 Å². The fourth-order valence-electron chi connectivity index (χ4n) is 0.784. The first kappa shape index (κ1) is 13.4. The fraction of sp³-hybridized carbons (Fsp3) is 0.625. The molecule has 6 heteroatoms. The topological polar surface area (TPSA) is 72.8 Å². The zero-order chi connectivity index (χ0) is 11.2. The highest BCUT2D eigenvalue weighted by atomic mass is 31.2. The van der Waals surface area contributed by atoms with Crippen molar-refractivity contribution in [2.24, 2.45) is 0 Å². The van der Waals surface area contributed by atoms with Gasteiger partial charge >= 0.3 is 13.6 Å². The van der Waals surface area contributed by atoms with Gasteiger partial charge in [0.1, 0.15) is 0 Å². The summed E-state index contributed by atoms with van der Waals surface area (Å²) in [6.07, 6.45) is 2.04. The van der Waals surface area contributed by atoms with Crippen LogP contribution in [0.3, 0.4) is 0 Å². The molecule has 0 amide bonds. The molecule has 0 atom stereocenters. The molecule has 0 aromatic heterocycles. The van der Waals surface area contributed by atoms with Crippen LogP contribution in [0.15, 0.2) is 11.6 Å². The molecule has 82 valence electrons. The molecule has 0 unspecified atom stereocenters. The summed E-state index contributed by atoms with van der Waals surface area (Å²) < 4.78 is 20.9. The molecule has 0 fully saturated rings. The predicted octanol–water partition coefficient (Wildman–Crippen LogP) is 1.89. The average molecular weight is 222 g/mol. The van der Waals surface area contributed by atoms with E-state index in [1.54, 1.807) is 0 Å². The number of carboxylic acids is 1. The van der Waals surface area contributed by atoms with Gasteiger partial charge in [0.2, 0.25) is 0 Å².